The van der Waals surface area contributed by atoms with Crippen LogP contribution in [0.1, 0.15) is 78.7 Å². The number of carbonyl (C=O) groups excluding carboxylic acids is 2. The number of nitrogens with one attached hydrogen (secondary N) is 1. The Bertz CT molecular complexity index is 1650. The van der Waals surface area contributed by atoms with Gasteiger partial charge in [-0.3, -0.25) is 9.59 Å². The number of sulfone groups is 1. The van der Waals surface area contributed by atoms with Crippen molar-refractivity contribution in [3.63, 3.8) is 0 Å². The third-order valence-corrected chi connectivity index (χ3v) is 9.75. The Morgan fingerprint density at radius 3 is 2.58 bits per heavy atom. The molecule has 0 saturated heterocycles. The molecule has 212 valence electrons. The predicted octanol–water partition coefficient (Wildman–Crippen LogP) is 2.56. The maximum Gasteiger partial charge on any atom is 0.259 e. The second kappa shape index (κ2) is 9.27. The first-order valence-corrected chi connectivity index (χ1v) is 15.6. The highest BCUT2D eigenvalue weighted by molar-refractivity contribution is 7.90. The number of hydrogen-bond acceptors (Lipinski definition) is 8. The van der Waals surface area contributed by atoms with Gasteiger partial charge in [-0.2, -0.15) is 0 Å². The Labute approximate surface area is 232 Å². The molecular formula is C28H34N6O5S. The van der Waals surface area contributed by atoms with Gasteiger partial charge in [-0.05, 0) is 82.1 Å². The van der Waals surface area contributed by atoms with E-state index in [0.29, 0.717) is 55.0 Å². The number of nitrogen functional groups attached to an aromatic ring is 1. The highest BCUT2D eigenvalue weighted by Gasteiger charge is 2.41. The smallest absolute Gasteiger partial charge is 0.259 e. The van der Waals surface area contributed by atoms with Gasteiger partial charge in [0.1, 0.15) is 5.56 Å². The number of hydrogen-bond donors (Lipinski definition) is 3. The Balaban J connectivity index is 1.37. The van der Waals surface area contributed by atoms with Crippen LogP contribution in [-0.4, -0.2) is 68.8 Å². The van der Waals surface area contributed by atoms with Crippen molar-refractivity contribution in [3.05, 3.63) is 41.1 Å². The standard InChI is InChI=1S/C28H34N6O5S/c1-15(16-4-5-16)33-14-18-12-17(13-21(40(3,38)39)22(18)27(33)36)20-8-11-34-25(31-20)23(24(29)32-34)26(35)30-19-6-9-28(2,37)10-7-19/h8,11-13,15-16,19,37H,4-7,9-10,14H2,1-3H3,(H2,29,32)(H,30,35)/t15-,19-,28+/m0/s1. The van der Waals surface area contributed by atoms with Gasteiger partial charge in [0.25, 0.3) is 11.8 Å². The summed E-state index contributed by atoms with van der Waals surface area (Å²) < 4.78 is 27.1. The number of nitrogens with zero attached hydrogens (tertiary/aromatic N) is 4. The average molecular weight is 567 g/mol. The number of carbonyl (C=O) groups is 2. The molecular weight excluding hydrogens is 532 g/mol. The number of amides is 2. The quantitative estimate of drug-likeness (QED) is 0.410. The van der Waals surface area contributed by atoms with E-state index in [9.17, 15) is 23.1 Å². The van der Waals surface area contributed by atoms with E-state index in [1.54, 1.807) is 24.1 Å². The zero-order chi connectivity index (χ0) is 28.6. The number of nitrogens with two attached hydrogens (primary N) is 1. The van der Waals surface area contributed by atoms with Crippen LogP contribution in [0.3, 0.4) is 0 Å². The van der Waals surface area contributed by atoms with E-state index in [4.69, 9.17) is 5.73 Å². The van der Waals surface area contributed by atoms with E-state index in [2.05, 4.69) is 15.4 Å². The number of aliphatic hydroxyl groups is 1. The van der Waals surface area contributed by atoms with E-state index in [0.717, 1.165) is 19.1 Å². The maximum absolute atomic E-state index is 13.3. The molecule has 3 aliphatic rings. The largest absolute Gasteiger partial charge is 0.390 e. The van der Waals surface area contributed by atoms with Crippen molar-refractivity contribution in [2.75, 3.05) is 12.0 Å². The van der Waals surface area contributed by atoms with Gasteiger partial charge in [-0.25, -0.2) is 17.9 Å². The minimum atomic E-state index is -3.72. The van der Waals surface area contributed by atoms with Crippen LogP contribution in [0, 0.1) is 5.92 Å². The molecule has 4 N–H and O–H groups in total. The van der Waals surface area contributed by atoms with Crippen LogP contribution in [0.15, 0.2) is 29.3 Å². The van der Waals surface area contributed by atoms with Crippen LogP contribution in [0.5, 0.6) is 0 Å². The molecule has 2 saturated carbocycles. The van der Waals surface area contributed by atoms with Gasteiger partial charge >= 0.3 is 0 Å². The second-order valence-electron chi connectivity index (χ2n) is 11.9. The van der Waals surface area contributed by atoms with Crippen molar-refractivity contribution in [1.29, 1.82) is 0 Å². The minimum Gasteiger partial charge on any atom is -0.390 e. The Kier molecular flexibility index (Phi) is 6.19. The van der Waals surface area contributed by atoms with E-state index in [1.165, 1.54) is 10.6 Å². The SMILES string of the molecule is C[C@@H](C1CC1)N1Cc2cc(-c3ccn4nc(N)c(C(=O)N[C@H]5CC[C@@](C)(O)CC5)c4n3)cc(S(C)(=O)=O)c2C1=O. The fourth-order valence-corrected chi connectivity index (χ4v) is 6.94. The summed E-state index contributed by atoms with van der Waals surface area (Å²) in [6.07, 6.45) is 7.35. The fourth-order valence-electron chi connectivity index (χ4n) is 6.01. The fraction of sp³-hybridized carbons (Fsp3) is 0.500. The molecule has 40 heavy (non-hydrogen) atoms. The lowest BCUT2D eigenvalue weighted by Gasteiger charge is -2.33. The summed E-state index contributed by atoms with van der Waals surface area (Å²) in [5.41, 5.74) is 7.65. The lowest BCUT2D eigenvalue weighted by atomic mass is 9.83. The first-order chi connectivity index (χ1) is 18.8. The molecule has 1 atom stereocenters. The molecule has 0 bridgehead atoms. The molecule has 2 amide bonds. The maximum atomic E-state index is 13.3. The molecule has 2 aliphatic carbocycles. The highest BCUT2D eigenvalue weighted by Crippen LogP contribution is 2.40. The molecule has 0 unspecified atom stereocenters. The summed E-state index contributed by atoms with van der Waals surface area (Å²) in [7, 11) is -3.72. The second-order valence-corrected chi connectivity index (χ2v) is 13.9. The van der Waals surface area contributed by atoms with Gasteiger partial charge in [0.15, 0.2) is 21.3 Å². The van der Waals surface area contributed by atoms with E-state index in [1.807, 2.05) is 13.0 Å². The molecule has 0 radical (unpaired) electrons. The average Bonchev–Trinajstić information content (AvgIpc) is 3.61. The molecule has 6 rings (SSSR count). The Morgan fingerprint density at radius 1 is 1.23 bits per heavy atom. The number of fused-ring (bicyclic) bond motifs is 2. The van der Waals surface area contributed by atoms with Crippen molar-refractivity contribution >= 4 is 33.1 Å². The van der Waals surface area contributed by atoms with Crippen LogP contribution in [-0.2, 0) is 16.4 Å². The Morgan fingerprint density at radius 2 is 1.93 bits per heavy atom. The van der Waals surface area contributed by atoms with Gasteiger partial charge in [-0.1, -0.05) is 0 Å². The monoisotopic (exact) mass is 566 g/mol. The lowest BCUT2D eigenvalue weighted by Crippen LogP contribution is -2.42. The number of aromatic nitrogens is 3. The molecule has 0 spiro atoms. The van der Waals surface area contributed by atoms with Crippen molar-refractivity contribution in [2.24, 2.45) is 5.92 Å². The third kappa shape index (κ3) is 4.72. The lowest BCUT2D eigenvalue weighted by molar-refractivity contribution is 0.0140. The normalized spacial score (nSPS) is 23.9. The van der Waals surface area contributed by atoms with Gasteiger partial charge in [0, 0.05) is 36.6 Å². The first-order valence-electron chi connectivity index (χ1n) is 13.7. The zero-order valence-electron chi connectivity index (χ0n) is 22.8. The molecule has 2 aromatic heterocycles. The van der Waals surface area contributed by atoms with Crippen molar-refractivity contribution in [2.45, 2.75) is 81.5 Å². The first kappa shape index (κ1) is 26.7. The van der Waals surface area contributed by atoms with Gasteiger partial charge in [-0.15, -0.1) is 5.10 Å². The molecule has 1 aromatic carbocycles. The Hall–Kier alpha value is -3.51. The van der Waals surface area contributed by atoms with Crippen LogP contribution in [0.25, 0.3) is 16.9 Å². The summed E-state index contributed by atoms with van der Waals surface area (Å²) >= 11 is 0. The molecule has 11 nitrogen and oxygen atoms in total. The van der Waals surface area contributed by atoms with E-state index >= 15 is 0 Å². The van der Waals surface area contributed by atoms with E-state index in [-0.39, 0.29) is 45.5 Å². The summed E-state index contributed by atoms with van der Waals surface area (Å²) in [6.45, 7) is 4.16. The zero-order valence-corrected chi connectivity index (χ0v) is 23.7. The molecule has 3 heterocycles. The number of anilines is 1. The molecule has 3 aromatic rings. The molecule has 2 fully saturated rings. The van der Waals surface area contributed by atoms with Crippen molar-refractivity contribution in [1.82, 2.24) is 24.8 Å². The minimum absolute atomic E-state index is 0.0173. The van der Waals surface area contributed by atoms with Gasteiger partial charge in [0.2, 0.25) is 0 Å². The number of rotatable bonds is 6. The van der Waals surface area contributed by atoms with E-state index < -0.39 is 21.3 Å². The molecule has 1 aliphatic heterocycles. The van der Waals surface area contributed by atoms with Crippen molar-refractivity contribution < 1.29 is 23.1 Å². The van der Waals surface area contributed by atoms with Gasteiger partial charge < -0.3 is 21.1 Å². The van der Waals surface area contributed by atoms with Crippen LogP contribution in [0.4, 0.5) is 5.82 Å². The summed E-state index contributed by atoms with van der Waals surface area (Å²) in [6, 6.07) is 4.92. The predicted molar refractivity (Wildman–Crippen MR) is 148 cm³/mol. The van der Waals surface area contributed by atoms with Crippen LogP contribution >= 0.6 is 0 Å². The highest BCUT2D eigenvalue weighted by atomic mass is 32.2. The van der Waals surface area contributed by atoms with Crippen molar-refractivity contribution in [3.8, 4) is 11.3 Å². The molecule has 12 heteroatoms. The third-order valence-electron chi connectivity index (χ3n) is 8.63. The summed E-state index contributed by atoms with van der Waals surface area (Å²) in [4.78, 5) is 33.1. The van der Waals surface area contributed by atoms with Gasteiger partial charge in [0.05, 0.1) is 21.8 Å². The number of benzene rings is 1. The van der Waals surface area contributed by atoms with Crippen LogP contribution < -0.4 is 11.1 Å². The summed E-state index contributed by atoms with van der Waals surface area (Å²) in [5.74, 6) is -0.172. The van der Waals surface area contributed by atoms with Crippen LogP contribution in [0.2, 0.25) is 0 Å². The summed E-state index contributed by atoms with van der Waals surface area (Å²) in [5, 5.41) is 17.5. The topological polar surface area (TPSA) is 160 Å².